The van der Waals surface area contributed by atoms with E-state index in [0.29, 0.717) is 16.9 Å². The van der Waals surface area contributed by atoms with Gasteiger partial charge in [0.1, 0.15) is 29.7 Å². The standard InChI is InChI=1S/C19H19N2O9P/c1-10-8-21(19(25)20-17(10)23)16-7-14(27-11(2)22)15(28-16)9-26-31-29-13-6-4-3-5-12(13)18(24)30-31/h3-6,8,14-16H,7,9H2,1-2H3,(H,20,23,25). The lowest BCUT2D eigenvalue weighted by Gasteiger charge is -2.24. The number of rotatable bonds is 5. The van der Waals surface area contributed by atoms with E-state index in [4.69, 9.17) is 23.0 Å². The Morgan fingerprint density at radius 3 is 2.81 bits per heavy atom. The first-order chi connectivity index (χ1) is 14.8. The van der Waals surface area contributed by atoms with Gasteiger partial charge in [-0.3, -0.25) is 23.7 Å². The van der Waals surface area contributed by atoms with Crippen LogP contribution in [-0.2, 0) is 23.3 Å². The Bertz CT molecular complexity index is 1130. The minimum atomic E-state index is -2.02. The summed E-state index contributed by atoms with van der Waals surface area (Å²) in [4.78, 5) is 49.6. The third-order valence-corrected chi connectivity index (χ3v) is 5.76. The van der Waals surface area contributed by atoms with Crippen LogP contribution in [0.4, 0.5) is 0 Å². The molecule has 11 nitrogen and oxygen atoms in total. The van der Waals surface area contributed by atoms with Crippen LogP contribution in [0.2, 0.25) is 0 Å². The predicted octanol–water partition coefficient (Wildman–Crippen LogP) is 1.56. The van der Waals surface area contributed by atoms with Gasteiger partial charge in [-0.05, 0) is 19.1 Å². The van der Waals surface area contributed by atoms with Gasteiger partial charge in [-0.2, -0.15) is 0 Å². The average molecular weight is 450 g/mol. The molecule has 12 heteroatoms. The van der Waals surface area contributed by atoms with Crippen molar-refractivity contribution in [2.45, 2.75) is 38.7 Å². The molecule has 0 saturated carbocycles. The molecule has 3 heterocycles. The van der Waals surface area contributed by atoms with Gasteiger partial charge in [-0.25, -0.2) is 9.59 Å². The maximum Gasteiger partial charge on any atom is 0.465 e. The molecule has 0 radical (unpaired) electrons. The van der Waals surface area contributed by atoms with Crippen molar-refractivity contribution < 1.29 is 32.6 Å². The number of carbonyl (C=O) groups excluding carboxylic acids is 2. The second-order valence-corrected chi connectivity index (χ2v) is 8.05. The van der Waals surface area contributed by atoms with Crippen LogP contribution in [0.25, 0.3) is 0 Å². The number of hydrogen-bond acceptors (Lipinski definition) is 9. The number of carbonyl (C=O) groups is 2. The van der Waals surface area contributed by atoms with Crippen molar-refractivity contribution in [3.05, 3.63) is 62.4 Å². The van der Waals surface area contributed by atoms with Gasteiger partial charge in [0.05, 0.1) is 6.61 Å². The second kappa shape index (κ2) is 8.62. The number of para-hydroxylation sites is 1. The molecule has 4 unspecified atom stereocenters. The zero-order chi connectivity index (χ0) is 22.1. The van der Waals surface area contributed by atoms with E-state index in [1.54, 1.807) is 31.2 Å². The largest absolute Gasteiger partial charge is 0.465 e. The summed E-state index contributed by atoms with van der Waals surface area (Å²) in [7, 11) is -2.02. The van der Waals surface area contributed by atoms with Gasteiger partial charge in [0.15, 0.2) is 0 Å². The summed E-state index contributed by atoms with van der Waals surface area (Å²) < 4.78 is 28.8. The molecule has 1 saturated heterocycles. The van der Waals surface area contributed by atoms with Crippen LogP contribution in [0.15, 0.2) is 40.1 Å². The molecular formula is C19H19N2O9P. The maximum absolute atomic E-state index is 12.2. The van der Waals surface area contributed by atoms with E-state index < -0.39 is 50.2 Å². The molecule has 0 spiro atoms. The highest BCUT2D eigenvalue weighted by atomic mass is 31.2. The highest BCUT2D eigenvalue weighted by Gasteiger charge is 2.41. The smallest absolute Gasteiger partial charge is 0.460 e. The van der Waals surface area contributed by atoms with Crippen LogP contribution < -0.4 is 15.8 Å². The van der Waals surface area contributed by atoms with Gasteiger partial charge < -0.3 is 18.5 Å². The zero-order valence-electron chi connectivity index (χ0n) is 16.6. The Balaban J connectivity index is 1.47. The van der Waals surface area contributed by atoms with Crippen LogP contribution in [0, 0.1) is 6.92 Å². The summed E-state index contributed by atoms with van der Waals surface area (Å²) in [5.74, 6) is -0.740. The van der Waals surface area contributed by atoms with Crippen molar-refractivity contribution >= 4 is 20.5 Å². The van der Waals surface area contributed by atoms with E-state index in [1.165, 1.54) is 17.7 Å². The van der Waals surface area contributed by atoms with Gasteiger partial charge in [0.25, 0.3) is 5.56 Å². The Morgan fingerprint density at radius 1 is 1.26 bits per heavy atom. The van der Waals surface area contributed by atoms with E-state index in [1.807, 2.05) is 0 Å². The molecule has 1 fully saturated rings. The van der Waals surface area contributed by atoms with Crippen LogP contribution in [0.1, 0.15) is 35.5 Å². The number of aryl methyl sites for hydroxylation is 1. The van der Waals surface area contributed by atoms with Crippen LogP contribution in [0.5, 0.6) is 5.75 Å². The number of aromatic nitrogens is 2. The fourth-order valence-electron chi connectivity index (χ4n) is 3.28. The SMILES string of the molecule is CC(=O)OC1CC(n2cc(C)c(=O)[nH]c2=O)OC1COP1OC(=O)c2ccccc2O1. The quantitative estimate of drug-likeness (QED) is 0.532. The van der Waals surface area contributed by atoms with E-state index in [9.17, 15) is 19.2 Å². The fraction of sp³-hybridized carbons (Fsp3) is 0.368. The Kier molecular flexibility index (Phi) is 5.90. The van der Waals surface area contributed by atoms with Crippen molar-refractivity contribution in [2.75, 3.05) is 6.61 Å². The van der Waals surface area contributed by atoms with Gasteiger partial charge >= 0.3 is 26.2 Å². The normalized spacial score (nSPS) is 24.8. The highest BCUT2D eigenvalue weighted by Crippen LogP contribution is 2.47. The topological polar surface area (TPSA) is 135 Å². The van der Waals surface area contributed by atoms with Crippen molar-refractivity contribution in [1.29, 1.82) is 0 Å². The molecule has 1 aromatic carbocycles. The van der Waals surface area contributed by atoms with E-state index in [-0.39, 0.29) is 13.0 Å². The molecule has 0 aliphatic carbocycles. The third-order valence-electron chi connectivity index (χ3n) is 4.74. The first-order valence-electron chi connectivity index (χ1n) is 9.39. The summed E-state index contributed by atoms with van der Waals surface area (Å²) >= 11 is 0. The summed E-state index contributed by atoms with van der Waals surface area (Å²) in [5, 5.41) is 0. The number of hydrogen-bond donors (Lipinski definition) is 1. The third kappa shape index (κ3) is 4.53. The fourth-order valence-corrected chi connectivity index (χ4v) is 4.24. The van der Waals surface area contributed by atoms with Crippen molar-refractivity contribution in [2.24, 2.45) is 0 Å². The average Bonchev–Trinajstić information content (AvgIpc) is 3.11. The number of esters is 1. The number of aromatic amines is 1. The Hall–Kier alpha value is -3.01. The minimum Gasteiger partial charge on any atom is -0.460 e. The van der Waals surface area contributed by atoms with Crippen LogP contribution in [0.3, 0.4) is 0 Å². The molecule has 2 aliphatic rings. The number of nitrogens with one attached hydrogen (secondary N) is 1. The van der Waals surface area contributed by atoms with Gasteiger partial charge in [-0.15, -0.1) is 0 Å². The van der Waals surface area contributed by atoms with Crippen LogP contribution >= 0.6 is 8.60 Å². The molecule has 4 rings (SSSR count). The van der Waals surface area contributed by atoms with Crippen molar-refractivity contribution in [1.82, 2.24) is 9.55 Å². The maximum atomic E-state index is 12.2. The van der Waals surface area contributed by atoms with Crippen LogP contribution in [-0.4, -0.2) is 40.3 Å². The molecule has 31 heavy (non-hydrogen) atoms. The molecule has 164 valence electrons. The summed E-state index contributed by atoms with van der Waals surface area (Å²) in [5.41, 5.74) is -0.506. The van der Waals surface area contributed by atoms with Gasteiger partial charge in [0, 0.05) is 25.1 Å². The summed E-state index contributed by atoms with van der Waals surface area (Å²) in [6.45, 7) is 2.70. The number of nitrogens with zero attached hydrogens (tertiary/aromatic N) is 1. The van der Waals surface area contributed by atoms with E-state index in [0.717, 1.165) is 0 Å². The predicted molar refractivity (Wildman–Crippen MR) is 105 cm³/mol. The lowest BCUT2D eigenvalue weighted by molar-refractivity contribution is -0.150. The molecule has 0 amide bonds. The molecule has 2 aromatic rings. The lowest BCUT2D eigenvalue weighted by Crippen LogP contribution is -2.33. The van der Waals surface area contributed by atoms with E-state index in [2.05, 4.69) is 4.98 Å². The minimum absolute atomic E-state index is 0.118. The molecule has 2 aliphatic heterocycles. The van der Waals surface area contributed by atoms with Crippen molar-refractivity contribution in [3.63, 3.8) is 0 Å². The zero-order valence-corrected chi connectivity index (χ0v) is 17.5. The number of ether oxygens (including phenoxy) is 2. The summed E-state index contributed by atoms with van der Waals surface area (Å²) in [6, 6.07) is 6.61. The number of fused-ring (bicyclic) bond motifs is 1. The molecule has 4 atom stereocenters. The number of benzene rings is 1. The van der Waals surface area contributed by atoms with Gasteiger partial charge in [0.2, 0.25) is 0 Å². The Labute approximate surface area is 176 Å². The van der Waals surface area contributed by atoms with Crippen molar-refractivity contribution in [3.8, 4) is 5.75 Å². The first kappa shape index (κ1) is 21.2. The molecular weight excluding hydrogens is 431 g/mol. The first-order valence-corrected chi connectivity index (χ1v) is 10.5. The lowest BCUT2D eigenvalue weighted by atomic mass is 10.2. The molecule has 1 N–H and O–H groups in total. The highest BCUT2D eigenvalue weighted by molar-refractivity contribution is 7.43. The van der Waals surface area contributed by atoms with Gasteiger partial charge in [-0.1, -0.05) is 12.1 Å². The number of H-pyrrole nitrogens is 1. The second-order valence-electron chi connectivity index (χ2n) is 6.98. The van der Waals surface area contributed by atoms with E-state index >= 15 is 0 Å². The Morgan fingerprint density at radius 2 is 2.03 bits per heavy atom. The monoisotopic (exact) mass is 450 g/mol. The molecule has 0 bridgehead atoms. The molecule has 1 aromatic heterocycles. The summed E-state index contributed by atoms with van der Waals surface area (Å²) in [6.07, 6.45) is -0.711.